The van der Waals surface area contributed by atoms with Gasteiger partial charge in [0, 0.05) is 12.1 Å². The van der Waals surface area contributed by atoms with Gasteiger partial charge in [0.1, 0.15) is 22.7 Å². The normalized spacial score (nSPS) is 10.9. The molecular formula is C21H15NO5. The molecule has 0 amide bonds. The monoisotopic (exact) mass is 361 g/mol. The second-order valence-corrected chi connectivity index (χ2v) is 5.97. The molecule has 6 heteroatoms. The topological polar surface area (TPSA) is 78.6 Å². The zero-order valence-corrected chi connectivity index (χ0v) is 14.5. The van der Waals surface area contributed by atoms with E-state index in [0.29, 0.717) is 28.3 Å². The van der Waals surface area contributed by atoms with Crippen LogP contribution in [0.1, 0.15) is 5.56 Å². The minimum Gasteiger partial charge on any atom is -0.497 e. The molecular weight excluding hydrogens is 346 g/mol. The van der Waals surface area contributed by atoms with Gasteiger partial charge in [0.25, 0.3) is 0 Å². The highest BCUT2D eigenvalue weighted by molar-refractivity contribution is 5.80. The van der Waals surface area contributed by atoms with E-state index in [1.807, 2.05) is 12.1 Å². The molecule has 2 aromatic rings. The van der Waals surface area contributed by atoms with E-state index < -0.39 is 5.97 Å². The van der Waals surface area contributed by atoms with E-state index in [9.17, 15) is 9.59 Å². The first-order chi connectivity index (χ1) is 13.1. The second kappa shape index (κ2) is 6.92. The summed E-state index contributed by atoms with van der Waals surface area (Å²) in [6.45, 7) is 0. The summed E-state index contributed by atoms with van der Waals surface area (Å²) in [4.78, 5) is 28.1. The van der Waals surface area contributed by atoms with Crippen LogP contribution in [0.5, 0.6) is 11.5 Å². The van der Waals surface area contributed by atoms with Gasteiger partial charge in [-0.3, -0.25) is 9.59 Å². The highest BCUT2D eigenvalue weighted by atomic mass is 16.5. The fourth-order valence-corrected chi connectivity index (χ4v) is 2.73. The average Bonchev–Trinajstić information content (AvgIpc) is 2.67. The highest BCUT2D eigenvalue weighted by Gasteiger charge is 2.12. The van der Waals surface area contributed by atoms with Crippen LogP contribution < -0.4 is 14.9 Å². The number of rotatable bonds is 4. The maximum atomic E-state index is 12.2. The lowest BCUT2D eigenvalue weighted by molar-refractivity contribution is -0.133. The van der Waals surface area contributed by atoms with Crippen molar-refractivity contribution in [3.05, 3.63) is 76.5 Å². The smallest absolute Gasteiger partial charge is 0.315 e. The molecule has 0 unspecified atom stereocenters. The van der Waals surface area contributed by atoms with E-state index in [2.05, 4.69) is 4.98 Å². The van der Waals surface area contributed by atoms with Crippen molar-refractivity contribution < 1.29 is 18.7 Å². The number of ether oxygens (including phenoxy) is 2. The molecule has 0 saturated heterocycles. The van der Waals surface area contributed by atoms with E-state index in [0.717, 1.165) is 11.3 Å². The fourth-order valence-electron chi connectivity index (χ4n) is 2.73. The first kappa shape index (κ1) is 16.8. The van der Waals surface area contributed by atoms with Crippen molar-refractivity contribution in [3.63, 3.8) is 0 Å². The van der Waals surface area contributed by atoms with Gasteiger partial charge in [-0.25, -0.2) is 4.98 Å². The predicted octanol–water partition coefficient (Wildman–Crippen LogP) is 3.45. The first-order valence-corrected chi connectivity index (χ1v) is 8.29. The molecule has 0 bridgehead atoms. The molecule has 0 aromatic heterocycles. The summed E-state index contributed by atoms with van der Waals surface area (Å²) in [6, 6.07) is 16.6. The van der Waals surface area contributed by atoms with Gasteiger partial charge in [0.2, 0.25) is 0 Å². The Balaban J connectivity index is 1.56. The Morgan fingerprint density at radius 1 is 1.00 bits per heavy atom. The van der Waals surface area contributed by atoms with Gasteiger partial charge in [-0.2, -0.15) is 0 Å². The van der Waals surface area contributed by atoms with Crippen molar-refractivity contribution in [2.75, 3.05) is 7.11 Å². The Hall–Kier alpha value is -3.67. The predicted molar refractivity (Wildman–Crippen MR) is 99.2 cm³/mol. The number of carbonyl (C=O) groups excluding carboxylic acids is 1. The van der Waals surface area contributed by atoms with Crippen LogP contribution in [0, 0.1) is 0 Å². The molecule has 27 heavy (non-hydrogen) atoms. The molecule has 2 aliphatic rings. The van der Waals surface area contributed by atoms with Gasteiger partial charge < -0.3 is 13.9 Å². The van der Waals surface area contributed by atoms with Gasteiger partial charge in [0.15, 0.2) is 16.8 Å². The number of methoxy groups -OCH3 is 1. The minimum atomic E-state index is -0.393. The molecule has 1 aliphatic heterocycles. The Bertz CT molecular complexity index is 1150. The van der Waals surface area contributed by atoms with Crippen LogP contribution in [-0.4, -0.2) is 18.1 Å². The van der Waals surface area contributed by atoms with Crippen LogP contribution in [-0.2, 0) is 11.2 Å². The molecule has 6 nitrogen and oxygen atoms in total. The van der Waals surface area contributed by atoms with Crippen molar-refractivity contribution in [1.29, 1.82) is 0 Å². The van der Waals surface area contributed by atoms with Crippen molar-refractivity contribution in [2.45, 2.75) is 6.42 Å². The molecule has 0 radical (unpaired) electrons. The third kappa shape index (κ3) is 3.64. The molecule has 0 atom stereocenters. The van der Waals surface area contributed by atoms with Gasteiger partial charge in [0.05, 0.1) is 13.5 Å². The van der Waals surface area contributed by atoms with E-state index in [1.54, 1.807) is 43.5 Å². The molecule has 1 heterocycles. The Morgan fingerprint density at radius 3 is 2.56 bits per heavy atom. The molecule has 1 aliphatic carbocycles. The zero-order valence-electron chi connectivity index (χ0n) is 14.5. The number of nitrogens with zero attached hydrogens (tertiary/aromatic N) is 1. The Kier molecular flexibility index (Phi) is 4.30. The highest BCUT2D eigenvalue weighted by Crippen LogP contribution is 2.26. The number of hydrogen-bond donors (Lipinski definition) is 0. The third-order valence-corrected chi connectivity index (χ3v) is 4.06. The Labute approximate surface area is 154 Å². The van der Waals surface area contributed by atoms with Crippen LogP contribution in [0.25, 0.3) is 22.6 Å². The summed E-state index contributed by atoms with van der Waals surface area (Å²) < 4.78 is 16.2. The standard InChI is InChI=1S/C21H15NO5/c1-25-15-5-2-13(3-6-15)10-21(24)26-16-7-9-18-20(12-16)27-19-11-14(23)4-8-17(19)22-18/h2-9,11-12H,10H2,1H3. The van der Waals surface area contributed by atoms with Crippen LogP contribution in [0.4, 0.5) is 0 Å². The molecule has 4 rings (SSSR count). The molecule has 2 aromatic carbocycles. The van der Waals surface area contributed by atoms with Crippen molar-refractivity contribution in [3.8, 4) is 23.0 Å². The fraction of sp³-hybridized carbons (Fsp3) is 0.0952. The minimum absolute atomic E-state index is 0.134. The van der Waals surface area contributed by atoms with Crippen molar-refractivity contribution in [2.24, 2.45) is 0 Å². The van der Waals surface area contributed by atoms with E-state index in [-0.39, 0.29) is 11.8 Å². The number of hydrogen-bond acceptors (Lipinski definition) is 6. The summed E-state index contributed by atoms with van der Waals surface area (Å²) in [5.41, 5.74) is 2.29. The summed E-state index contributed by atoms with van der Waals surface area (Å²) in [6.07, 6.45) is 0.134. The van der Waals surface area contributed by atoms with Gasteiger partial charge >= 0.3 is 5.97 Å². The molecule has 0 fully saturated rings. The maximum absolute atomic E-state index is 12.2. The van der Waals surface area contributed by atoms with Gasteiger partial charge in [-0.1, -0.05) is 12.1 Å². The van der Waals surface area contributed by atoms with Crippen LogP contribution in [0.15, 0.2) is 69.9 Å². The largest absolute Gasteiger partial charge is 0.497 e. The number of esters is 1. The van der Waals surface area contributed by atoms with Gasteiger partial charge in [-0.05, 0) is 42.0 Å². The lowest BCUT2D eigenvalue weighted by Gasteiger charge is -2.08. The average molecular weight is 361 g/mol. The molecule has 0 saturated carbocycles. The number of benzene rings is 3. The van der Waals surface area contributed by atoms with E-state index >= 15 is 0 Å². The zero-order chi connectivity index (χ0) is 18.8. The molecule has 0 N–H and O–H groups in total. The number of aromatic nitrogens is 1. The quantitative estimate of drug-likeness (QED) is 0.315. The third-order valence-electron chi connectivity index (χ3n) is 4.06. The number of fused-ring (bicyclic) bond motifs is 2. The van der Waals surface area contributed by atoms with Gasteiger partial charge in [-0.15, -0.1) is 0 Å². The van der Waals surface area contributed by atoms with Crippen molar-refractivity contribution in [1.82, 2.24) is 4.98 Å². The first-order valence-electron chi connectivity index (χ1n) is 8.29. The maximum Gasteiger partial charge on any atom is 0.315 e. The molecule has 134 valence electrons. The second-order valence-electron chi connectivity index (χ2n) is 5.97. The lowest BCUT2D eigenvalue weighted by Crippen LogP contribution is -2.11. The Morgan fingerprint density at radius 2 is 1.78 bits per heavy atom. The van der Waals surface area contributed by atoms with Crippen LogP contribution in [0.3, 0.4) is 0 Å². The summed E-state index contributed by atoms with van der Waals surface area (Å²) in [5, 5.41) is 0. The summed E-state index contributed by atoms with van der Waals surface area (Å²) in [7, 11) is 1.59. The summed E-state index contributed by atoms with van der Waals surface area (Å²) >= 11 is 0. The van der Waals surface area contributed by atoms with Crippen molar-refractivity contribution >= 4 is 17.1 Å². The SMILES string of the molecule is COc1ccc(CC(=O)Oc2ccc3nc4ccc(=O)cc-4oc3c2)cc1. The lowest BCUT2D eigenvalue weighted by atomic mass is 10.1. The number of carbonyl (C=O) groups is 1. The summed E-state index contributed by atoms with van der Waals surface area (Å²) in [5.74, 6) is 1.07. The van der Waals surface area contributed by atoms with E-state index in [4.69, 9.17) is 13.9 Å². The van der Waals surface area contributed by atoms with Crippen LogP contribution in [0.2, 0.25) is 0 Å². The van der Waals surface area contributed by atoms with Crippen LogP contribution >= 0.6 is 0 Å². The van der Waals surface area contributed by atoms with E-state index in [1.165, 1.54) is 12.1 Å². The molecule has 0 spiro atoms.